The molecule has 2 heterocycles. The number of aliphatic hydroxyl groups is 1. The number of hydrogen-bond donors (Lipinski definition) is 3. The predicted molar refractivity (Wildman–Crippen MR) is 115 cm³/mol. The Bertz CT molecular complexity index is 1280. The normalized spacial score (nSPS) is 12.1. The van der Waals surface area contributed by atoms with Gasteiger partial charge in [-0.1, -0.05) is 11.6 Å². The molecule has 0 radical (unpaired) electrons. The van der Waals surface area contributed by atoms with Crippen LogP contribution < -0.4 is 14.8 Å². The minimum Gasteiger partial charge on any atom is -0.496 e. The Morgan fingerprint density at radius 3 is 2.66 bits per heavy atom. The van der Waals surface area contributed by atoms with Gasteiger partial charge in [-0.05, 0) is 37.3 Å². The van der Waals surface area contributed by atoms with E-state index in [-0.39, 0.29) is 29.8 Å². The number of hydrogen-bond acceptors (Lipinski definition) is 7. The molecule has 8 nitrogen and oxygen atoms in total. The summed E-state index contributed by atoms with van der Waals surface area (Å²) in [6.45, 7) is 1.76. The summed E-state index contributed by atoms with van der Waals surface area (Å²) in [4.78, 5) is 8.55. The molecule has 0 aliphatic carbocycles. The van der Waals surface area contributed by atoms with Crippen molar-refractivity contribution < 1.29 is 23.4 Å². The summed E-state index contributed by atoms with van der Waals surface area (Å²) >= 11 is 6.17. The molecule has 1 unspecified atom stereocenters. The Labute approximate surface area is 186 Å². The first kappa shape index (κ1) is 21.7. The molecule has 0 fully saturated rings. The zero-order chi connectivity index (χ0) is 22.8. The summed E-state index contributed by atoms with van der Waals surface area (Å²) in [6.07, 6.45) is -0.685. The number of anilines is 1. The fourth-order valence-corrected chi connectivity index (χ4v) is 3.22. The quantitative estimate of drug-likeness (QED) is 0.371. The van der Waals surface area contributed by atoms with Crippen molar-refractivity contribution in [3.8, 4) is 28.8 Å². The Kier molecular flexibility index (Phi) is 6.06. The zero-order valence-electron chi connectivity index (χ0n) is 17.0. The minimum absolute atomic E-state index is 0.160. The lowest BCUT2D eigenvalue weighted by Crippen LogP contribution is -2.16. The Morgan fingerprint density at radius 2 is 1.94 bits per heavy atom. The van der Waals surface area contributed by atoms with Crippen LogP contribution in [0.25, 0.3) is 22.3 Å². The topological polar surface area (TPSA) is 105 Å². The SMILES string of the molecule is COc1ccc(Cl)cc1-c1[nH]nc2nc(Oc3ccc(F)cc3F)nc(NCC(C)O)c12. The van der Waals surface area contributed by atoms with Crippen molar-refractivity contribution >= 4 is 28.5 Å². The molecular weight excluding hydrogens is 444 g/mol. The van der Waals surface area contributed by atoms with Gasteiger partial charge in [0.25, 0.3) is 0 Å². The van der Waals surface area contributed by atoms with Gasteiger partial charge < -0.3 is 19.9 Å². The van der Waals surface area contributed by atoms with Crippen LogP contribution in [0.1, 0.15) is 6.92 Å². The smallest absolute Gasteiger partial charge is 0.326 e. The van der Waals surface area contributed by atoms with Gasteiger partial charge in [0.1, 0.15) is 17.4 Å². The minimum atomic E-state index is -0.904. The largest absolute Gasteiger partial charge is 0.496 e. The van der Waals surface area contributed by atoms with Gasteiger partial charge in [0.05, 0.1) is 24.3 Å². The Morgan fingerprint density at radius 1 is 1.16 bits per heavy atom. The molecule has 1 atom stereocenters. The number of rotatable bonds is 7. The maximum absolute atomic E-state index is 14.0. The third-order valence-corrected chi connectivity index (χ3v) is 4.72. The molecule has 2 aromatic heterocycles. The molecule has 2 aromatic carbocycles. The molecule has 32 heavy (non-hydrogen) atoms. The number of ether oxygens (including phenoxy) is 2. The first-order valence-electron chi connectivity index (χ1n) is 9.50. The number of methoxy groups -OCH3 is 1. The van der Waals surface area contributed by atoms with Crippen LogP contribution in [0.4, 0.5) is 14.6 Å². The van der Waals surface area contributed by atoms with Gasteiger partial charge in [-0.15, -0.1) is 0 Å². The molecule has 4 rings (SSSR count). The van der Waals surface area contributed by atoms with Gasteiger partial charge in [0.2, 0.25) is 0 Å². The molecule has 166 valence electrons. The first-order valence-corrected chi connectivity index (χ1v) is 9.88. The standard InChI is InChI=1S/C21H18ClF2N5O3/c1-10(30)9-25-19-17-18(13-7-11(22)3-5-15(13)31-2)28-29-20(17)27-21(26-19)32-16-6-4-12(23)8-14(16)24/h3-8,10,30H,9H2,1-2H3,(H2,25,26,27,28,29). The number of H-pyrrole nitrogens is 1. The first-order chi connectivity index (χ1) is 15.4. The molecule has 4 aromatic rings. The monoisotopic (exact) mass is 461 g/mol. The third-order valence-electron chi connectivity index (χ3n) is 4.48. The lowest BCUT2D eigenvalue weighted by Gasteiger charge is -2.12. The molecule has 3 N–H and O–H groups in total. The molecule has 0 spiro atoms. The van der Waals surface area contributed by atoms with Crippen LogP contribution in [-0.4, -0.2) is 45.0 Å². The summed E-state index contributed by atoms with van der Waals surface area (Å²) in [6, 6.07) is 7.77. The zero-order valence-corrected chi connectivity index (χ0v) is 17.7. The van der Waals surface area contributed by atoms with Gasteiger partial charge in [-0.3, -0.25) is 5.10 Å². The van der Waals surface area contributed by atoms with Crippen molar-refractivity contribution in [2.75, 3.05) is 19.0 Å². The van der Waals surface area contributed by atoms with Crippen LogP contribution in [0.2, 0.25) is 5.02 Å². The number of fused-ring (bicyclic) bond motifs is 1. The number of aromatic nitrogens is 4. The fourth-order valence-electron chi connectivity index (χ4n) is 3.05. The van der Waals surface area contributed by atoms with E-state index in [4.69, 9.17) is 21.1 Å². The molecule has 0 aliphatic heterocycles. The highest BCUT2D eigenvalue weighted by molar-refractivity contribution is 6.31. The van der Waals surface area contributed by atoms with Gasteiger partial charge in [-0.2, -0.15) is 15.1 Å². The maximum Gasteiger partial charge on any atom is 0.326 e. The molecule has 0 saturated carbocycles. The van der Waals surface area contributed by atoms with Crippen LogP contribution in [0.5, 0.6) is 17.5 Å². The van der Waals surface area contributed by atoms with Gasteiger partial charge in [-0.25, -0.2) is 8.78 Å². The maximum atomic E-state index is 14.0. The Hall–Kier alpha value is -3.50. The van der Waals surface area contributed by atoms with Crippen molar-refractivity contribution in [3.05, 3.63) is 53.1 Å². The van der Waals surface area contributed by atoms with E-state index in [9.17, 15) is 13.9 Å². The lowest BCUT2D eigenvalue weighted by molar-refractivity contribution is 0.208. The highest BCUT2D eigenvalue weighted by Gasteiger charge is 2.21. The molecule has 0 bridgehead atoms. The second-order valence-electron chi connectivity index (χ2n) is 6.90. The van der Waals surface area contributed by atoms with Crippen molar-refractivity contribution in [2.45, 2.75) is 13.0 Å². The number of aliphatic hydroxyl groups excluding tert-OH is 1. The van der Waals surface area contributed by atoms with Crippen molar-refractivity contribution in [3.63, 3.8) is 0 Å². The number of benzene rings is 2. The van der Waals surface area contributed by atoms with Crippen LogP contribution in [0, 0.1) is 11.6 Å². The molecule has 11 heteroatoms. The second kappa shape index (κ2) is 8.93. The van der Waals surface area contributed by atoms with Gasteiger partial charge in [0.15, 0.2) is 17.2 Å². The van der Waals surface area contributed by atoms with E-state index in [2.05, 4.69) is 25.5 Å². The summed E-state index contributed by atoms with van der Waals surface area (Å²) in [5.41, 5.74) is 1.35. The number of nitrogens with one attached hydrogen (secondary N) is 2. The fraction of sp³-hybridized carbons (Fsp3) is 0.190. The van der Waals surface area contributed by atoms with E-state index >= 15 is 0 Å². The predicted octanol–water partition coefficient (Wildman–Crippen LogP) is 4.55. The van der Waals surface area contributed by atoms with E-state index in [1.54, 1.807) is 25.1 Å². The summed E-state index contributed by atoms with van der Waals surface area (Å²) < 4.78 is 38.1. The number of aromatic amines is 1. The van der Waals surface area contributed by atoms with E-state index in [1.807, 2.05) is 0 Å². The van der Waals surface area contributed by atoms with Gasteiger partial charge in [0, 0.05) is 23.2 Å². The van der Waals surface area contributed by atoms with E-state index in [0.29, 0.717) is 33.5 Å². The Balaban J connectivity index is 1.84. The van der Waals surface area contributed by atoms with Crippen LogP contribution in [0.3, 0.4) is 0 Å². The van der Waals surface area contributed by atoms with E-state index in [1.165, 1.54) is 7.11 Å². The highest BCUT2D eigenvalue weighted by Crippen LogP contribution is 2.38. The number of halogens is 3. The van der Waals surface area contributed by atoms with E-state index in [0.717, 1.165) is 12.1 Å². The molecule has 0 aliphatic rings. The average Bonchev–Trinajstić information content (AvgIpc) is 3.18. The summed E-state index contributed by atoms with van der Waals surface area (Å²) in [5, 5.41) is 20.8. The van der Waals surface area contributed by atoms with Crippen LogP contribution in [0.15, 0.2) is 36.4 Å². The van der Waals surface area contributed by atoms with E-state index < -0.39 is 17.7 Å². The molecule has 0 amide bonds. The average molecular weight is 462 g/mol. The molecule has 0 saturated heterocycles. The number of nitrogens with zero attached hydrogens (tertiary/aromatic N) is 3. The van der Waals surface area contributed by atoms with Crippen LogP contribution >= 0.6 is 11.6 Å². The molecular formula is C21H18ClF2N5O3. The third kappa shape index (κ3) is 4.41. The van der Waals surface area contributed by atoms with Gasteiger partial charge >= 0.3 is 6.01 Å². The van der Waals surface area contributed by atoms with Crippen molar-refractivity contribution in [2.24, 2.45) is 0 Å². The summed E-state index contributed by atoms with van der Waals surface area (Å²) in [7, 11) is 1.53. The lowest BCUT2D eigenvalue weighted by atomic mass is 10.1. The van der Waals surface area contributed by atoms with Crippen molar-refractivity contribution in [1.29, 1.82) is 0 Å². The van der Waals surface area contributed by atoms with Crippen LogP contribution in [-0.2, 0) is 0 Å². The second-order valence-corrected chi connectivity index (χ2v) is 7.34. The summed E-state index contributed by atoms with van der Waals surface area (Å²) in [5.74, 6) is -1.08. The highest BCUT2D eigenvalue weighted by atomic mass is 35.5. The van der Waals surface area contributed by atoms with Crippen molar-refractivity contribution in [1.82, 2.24) is 20.2 Å².